The van der Waals surface area contributed by atoms with E-state index in [9.17, 15) is 26.4 Å². The molecule has 6 nitrogen and oxygen atoms in total. The minimum absolute atomic E-state index is 0.0976. The number of halogens is 3. The Labute approximate surface area is 205 Å². The number of Topliss-reactive ketones (excluding diaryl/α,β-unsaturated/α-hetero) is 1. The van der Waals surface area contributed by atoms with Crippen molar-refractivity contribution >= 4 is 28.0 Å². The lowest BCUT2D eigenvalue weighted by atomic mass is 9.94. The van der Waals surface area contributed by atoms with Crippen molar-refractivity contribution in [2.24, 2.45) is 0 Å². The van der Waals surface area contributed by atoms with Crippen molar-refractivity contribution in [2.45, 2.75) is 11.1 Å². The van der Waals surface area contributed by atoms with E-state index in [0.29, 0.717) is 5.56 Å². The Morgan fingerprint density at radius 1 is 0.917 bits per heavy atom. The fourth-order valence-electron chi connectivity index (χ4n) is 3.76. The Morgan fingerprint density at radius 2 is 1.53 bits per heavy atom. The average Bonchev–Trinajstić information content (AvgIpc) is 2.86. The molecule has 0 bridgehead atoms. The molecule has 0 radical (unpaired) electrons. The highest BCUT2D eigenvalue weighted by Gasteiger charge is 2.36. The van der Waals surface area contributed by atoms with Gasteiger partial charge in [-0.2, -0.15) is 22.7 Å². The molecule has 0 spiro atoms. The predicted octanol–water partition coefficient (Wildman–Crippen LogP) is 4.71. The number of hydrogen-bond donors (Lipinski definition) is 0. The van der Waals surface area contributed by atoms with Gasteiger partial charge in [0.15, 0.2) is 5.78 Å². The van der Waals surface area contributed by atoms with Crippen molar-refractivity contribution in [3.63, 3.8) is 0 Å². The number of piperidine rings is 1. The Kier molecular flexibility index (Phi) is 6.88. The molecular weight excluding hydrogens is 491 g/mol. The first-order chi connectivity index (χ1) is 17.1. The van der Waals surface area contributed by atoms with E-state index >= 15 is 0 Å². The van der Waals surface area contributed by atoms with Gasteiger partial charge in [-0.05, 0) is 65.7 Å². The molecule has 36 heavy (non-hydrogen) atoms. The zero-order valence-corrected chi connectivity index (χ0v) is 19.4. The van der Waals surface area contributed by atoms with Crippen LogP contribution in [0.3, 0.4) is 0 Å². The second-order valence-corrected chi connectivity index (χ2v) is 9.88. The van der Waals surface area contributed by atoms with Gasteiger partial charge in [-0.3, -0.25) is 9.78 Å². The summed E-state index contributed by atoms with van der Waals surface area (Å²) in [5, 5.41) is 8.99. The van der Waals surface area contributed by atoms with Crippen molar-refractivity contribution in [1.29, 1.82) is 5.26 Å². The molecule has 1 fully saturated rings. The maximum absolute atomic E-state index is 13.6. The van der Waals surface area contributed by atoms with Crippen molar-refractivity contribution in [1.82, 2.24) is 9.29 Å². The highest BCUT2D eigenvalue weighted by atomic mass is 32.2. The lowest BCUT2D eigenvalue weighted by molar-refractivity contribution is -0.137. The van der Waals surface area contributed by atoms with Gasteiger partial charge in [0.25, 0.3) is 0 Å². The molecule has 0 unspecified atom stereocenters. The molecule has 0 atom stereocenters. The molecule has 2 heterocycles. The van der Waals surface area contributed by atoms with Gasteiger partial charge in [0.05, 0.1) is 22.1 Å². The number of nitriles is 1. The second kappa shape index (κ2) is 9.89. The molecule has 0 amide bonds. The zero-order valence-electron chi connectivity index (χ0n) is 18.6. The van der Waals surface area contributed by atoms with Crippen LogP contribution in [-0.2, 0) is 21.0 Å². The SMILES string of the molecule is N#Cc1ccc(S(=O)(=O)N2C/C(=C\c3ccncc3)C(=O)/C(=C/c3ccccc3C(F)(F)F)C2)cc1. The average molecular weight is 510 g/mol. The first-order valence-corrected chi connectivity index (χ1v) is 12.1. The number of alkyl halides is 3. The van der Waals surface area contributed by atoms with Gasteiger partial charge < -0.3 is 0 Å². The molecule has 1 saturated heterocycles. The quantitative estimate of drug-likeness (QED) is 0.475. The number of carbonyl (C=O) groups is 1. The third kappa shape index (κ3) is 5.27. The number of aromatic nitrogens is 1. The van der Waals surface area contributed by atoms with Crippen LogP contribution >= 0.6 is 0 Å². The number of rotatable bonds is 4. The highest BCUT2D eigenvalue weighted by molar-refractivity contribution is 7.89. The molecule has 0 N–H and O–H groups in total. The van der Waals surface area contributed by atoms with Crippen LogP contribution in [0.25, 0.3) is 12.2 Å². The summed E-state index contributed by atoms with van der Waals surface area (Å²) in [7, 11) is -4.14. The van der Waals surface area contributed by atoms with Crippen LogP contribution in [0, 0.1) is 11.3 Å². The van der Waals surface area contributed by atoms with E-state index in [1.165, 1.54) is 60.9 Å². The Hall–Kier alpha value is -4.07. The van der Waals surface area contributed by atoms with Crippen molar-refractivity contribution in [2.75, 3.05) is 13.1 Å². The molecule has 2 aromatic carbocycles. The van der Waals surface area contributed by atoms with Crippen molar-refractivity contribution in [3.05, 3.63) is 106 Å². The fraction of sp³-hybridized carbons (Fsp3) is 0.115. The standard InChI is InChI=1S/C26H18F3N3O3S/c27-26(28,29)24-4-2-1-3-20(24)14-22-17-32(36(34,35)23-7-5-19(15-30)6-8-23)16-21(25(22)33)13-18-9-11-31-12-10-18/h1-14H,16-17H2/b21-13+,22-14+. The smallest absolute Gasteiger partial charge is 0.289 e. The molecule has 3 aromatic rings. The first kappa shape index (κ1) is 25.0. The molecule has 1 aromatic heterocycles. The van der Waals surface area contributed by atoms with Gasteiger partial charge in [0.1, 0.15) is 0 Å². The molecule has 4 rings (SSSR count). The van der Waals surface area contributed by atoms with Gasteiger partial charge in [0.2, 0.25) is 10.0 Å². The summed E-state index contributed by atoms with van der Waals surface area (Å²) in [5.74, 6) is -0.546. The van der Waals surface area contributed by atoms with Gasteiger partial charge in [0, 0.05) is 36.6 Å². The minimum atomic E-state index is -4.66. The number of carbonyl (C=O) groups excluding carboxylic acids is 1. The van der Waals surface area contributed by atoms with Crippen LogP contribution in [0.5, 0.6) is 0 Å². The second-order valence-electron chi connectivity index (χ2n) is 7.94. The zero-order chi connectivity index (χ0) is 25.9. The summed E-state index contributed by atoms with van der Waals surface area (Å²) < 4.78 is 68.5. The number of hydrogen-bond acceptors (Lipinski definition) is 5. The summed E-state index contributed by atoms with van der Waals surface area (Å²) in [6.45, 7) is -0.692. The van der Waals surface area contributed by atoms with Gasteiger partial charge in [-0.25, -0.2) is 8.42 Å². The minimum Gasteiger partial charge on any atom is -0.289 e. The summed E-state index contributed by atoms with van der Waals surface area (Å²) in [4.78, 5) is 17.1. The summed E-state index contributed by atoms with van der Waals surface area (Å²) >= 11 is 0. The number of nitrogens with zero attached hydrogens (tertiary/aromatic N) is 3. The van der Waals surface area contributed by atoms with E-state index in [1.54, 1.807) is 12.1 Å². The molecular formula is C26H18F3N3O3S. The van der Waals surface area contributed by atoms with Crippen LogP contribution in [-0.4, -0.2) is 36.6 Å². The fourth-order valence-corrected chi connectivity index (χ4v) is 5.15. The monoisotopic (exact) mass is 509 g/mol. The van der Waals surface area contributed by atoms with E-state index in [0.717, 1.165) is 16.4 Å². The van der Waals surface area contributed by atoms with Crippen LogP contribution in [0.4, 0.5) is 13.2 Å². The Balaban J connectivity index is 1.82. The number of benzene rings is 2. The topological polar surface area (TPSA) is 91.1 Å². The first-order valence-electron chi connectivity index (χ1n) is 10.6. The summed E-state index contributed by atoms with van der Waals surface area (Å²) in [6.07, 6.45) is 0.928. The van der Waals surface area contributed by atoms with E-state index in [-0.39, 0.29) is 33.7 Å². The molecule has 1 aliphatic heterocycles. The summed E-state index contributed by atoms with van der Waals surface area (Å²) in [6, 6.07) is 15.2. The predicted molar refractivity (Wildman–Crippen MR) is 127 cm³/mol. The Bertz CT molecular complexity index is 1510. The highest BCUT2D eigenvalue weighted by Crippen LogP contribution is 2.34. The van der Waals surface area contributed by atoms with Crippen LogP contribution in [0.1, 0.15) is 22.3 Å². The lowest BCUT2D eigenvalue weighted by Crippen LogP contribution is -2.41. The van der Waals surface area contributed by atoms with Crippen LogP contribution in [0.15, 0.2) is 89.1 Å². The largest absolute Gasteiger partial charge is 0.416 e. The van der Waals surface area contributed by atoms with Crippen molar-refractivity contribution < 1.29 is 26.4 Å². The number of sulfonamides is 1. The molecule has 0 aliphatic carbocycles. The van der Waals surface area contributed by atoms with E-state index < -0.39 is 34.1 Å². The van der Waals surface area contributed by atoms with E-state index in [1.807, 2.05) is 6.07 Å². The number of pyridine rings is 1. The number of ketones is 1. The molecule has 0 saturated carbocycles. The molecule has 1 aliphatic rings. The molecule has 10 heteroatoms. The third-order valence-electron chi connectivity index (χ3n) is 5.54. The summed E-state index contributed by atoms with van der Waals surface area (Å²) in [5.41, 5.74) is -0.325. The maximum atomic E-state index is 13.6. The van der Waals surface area contributed by atoms with Crippen molar-refractivity contribution in [3.8, 4) is 6.07 Å². The lowest BCUT2D eigenvalue weighted by Gasteiger charge is -2.29. The van der Waals surface area contributed by atoms with Gasteiger partial charge >= 0.3 is 6.18 Å². The maximum Gasteiger partial charge on any atom is 0.416 e. The van der Waals surface area contributed by atoms with Gasteiger partial charge in [-0.1, -0.05) is 18.2 Å². The van der Waals surface area contributed by atoms with E-state index in [4.69, 9.17) is 5.26 Å². The van der Waals surface area contributed by atoms with E-state index in [2.05, 4.69) is 4.98 Å². The van der Waals surface area contributed by atoms with Gasteiger partial charge in [-0.15, -0.1) is 0 Å². The Morgan fingerprint density at radius 3 is 2.14 bits per heavy atom. The normalized spacial score (nSPS) is 17.3. The van der Waals surface area contributed by atoms with Crippen LogP contribution in [0.2, 0.25) is 0 Å². The van der Waals surface area contributed by atoms with Crippen LogP contribution < -0.4 is 0 Å². The molecule has 182 valence electrons. The third-order valence-corrected chi connectivity index (χ3v) is 7.35.